The summed E-state index contributed by atoms with van der Waals surface area (Å²) in [6.07, 6.45) is 4.11. The van der Waals surface area contributed by atoms with Crippen molar-refractivity contribution in [1.82, 2.24) is 10.0 Å². The molecule has 2 aromatic rings. The predicted molar refractivity (Wildman–Crippen MR) is 113 cm³/mol. The van der Waals surface area contributed by atoms with Gasteiger partial charge in [0.1, 0.15) is 9.98 Å². The van der Waals surface area contributed by atoms with E-state index < -0.39 is 0 Å². The molecule has 0 spiro atoms. The zero-order chi connectivity index (χ0) is 18.1. The van der Waals surface area contributed by atoms with Crippen LogP contribution in [-0.4, -0.2) is 46.5 Å². The lowest BCUT2D eigenvalue weighted by Crippen LogP contribution is -2.20. The lowest BCUT2D eigenvalue weighted by molar-refractivity contribution is 0.555. The second-order valence-corrected chi connectivity index (χ2v) is 5.99. The highest BCUT2D eigenvalue weighted by atomic mass is 32.1. The first-order valence-electron chi connectivity index (χ1n) is 7.80. The van der Waals surface area contributed by atoms with Crippen molar-refractivity contribution in [3.05, 3.63) is 71.8 Å². The van der Waals surface area contributed by atoms with E-state index in [4.69, 9.17) is 24.4 Å². The third-order valence-electron chi connectivity index (χ3n) is 3.35. The zero-order valence-corrected chi connectivity index (χ0v) is 15.9. The summed E-state index contributed by atoms with van der Waals surface area (Å²) < 4.78 is 0. The maximum Gasteiger partial charge on any atom is 0.129 e. The Kier molecular flexibility index (Phi) is 7.37. The Morgan fingerprint density at radius 3 is 1.48 bits per heavy atom. The minimum absolute atomic E-state index is 0.587. The van der Waals surface area contributed by atoms with Crippen LogP contribution in [0.4, 0.5) is 0 Å². The van der Waals surface area contributed by atoms with Crippen LogP contribution in [0, 0.1) is 0 Å². The lowest BCUT2D eigenvalue weighted by atomic mass is 10.2. The van der Waals surface area contributed by atoms with Crippen molar-refractivity contribution in [2.75, 3.05) is 14.1 Å². The molecule has 0 saturated heterocycles. The second-order valence-electron chi connectivity index (χ2n) is 5.22. The maximum absolute atomic E-state index is 5.40. The first kappa shape index (κ1) is 18.9. The van der Waals surface area contributed by atoms with Gasteiger partial charge in [-0.05, 0) is 0 Å². The molecule has 0 N–H and O–H groups in total. The van der Waals surface area contributed by atoms with E-state index in [1.54, 1.807) is 22.4 Å². The Hall–Kier alpha value is -2.44. The number of hydrogen-bond acceptors (Lipinski definition) is 4. The first-order chi connectivity index (χ1) is 12.1. The van der Waals surface area contributed by atoms with Crippen molar-refractivity contribution >= 4 is 46.8 Å². The molecule has 4 nitrogen and oxygen atoms in total. The fourth-order valence-electron chi connectivity index (χ4n) is 2.03. The molecule has 2 rings (SSSR count). The van der Waals surface area contributed by atoms with Gasteiger partial charge in [0, 0.05) is 44.1 Å². The second kappa shape index (κ2) is 9.76. The van der Waals surface area contributed by atoms with Gasteiger partial charge in [0.25, 0.3) is 0 Å². The maximum atomic E-state index is 5.40. The average molecular weight is 369 g/mol. The average Bonchev–Trinajstić information content (AvgIpc) is 2.67. The summed E-state index contributed by atoms with van der Waals surface area (Å²) in [6.45, 7) is 0. The molecule has 0 atom stereocenters. The van der Waals surface area contributed by atoms with Gasteiger partial charge in [-0.2, -0.15) is 10.2 Å². The Morgan fingerprint density at radius 2 is 1.12 bits per heavy atom. The van der Waals surface area contributed by atoms with Crippen LogP contribution in [0.2, 0.25) is 0 Å². The van der Waals surface area contributed by atoms with Crippen LogP contribution in [-0.2, 0) is 0 Å². The number of thiocarbonyl (C=S) groups is 2. The van der Waals surface area contributed by atoms with Gasteiger partial charge in [0.15, 0.2) is 0 Å². The fraction of sp³-hybridized carbons (Fsp3) is 0.158. The van der Waals surface area contributed by atoms with E-state index in [0.717, 1.165) is 11.1 Å². The lowest BCUT2D eigenvalue weighted by Gasteiger charge is -2.14. The molecule has 0 aliphatic carbocycles. The summed E-state index contributed by atoms with van der Waals surface area (Å²) in [5.41, 5.74) is 1.94. The first-order valence-corrected chi connectivity index (χ1v) is 8.62. The summed E-state index contributed by atoms with van der Waals surface area (Å²) in [5.74, 6) is 0. The van der Waals surface area contributed by atoms with E-state index in [1.165, 1.54) is 0 Å². The molecule has 0 radical (unpaired) electrons. The standard InChI is InChI=1S/C19H20N4S2/c1-22(18(24)16-10-5-3-6-11-16)20-14-9-15-21-23(2)19(25)17-12-7-4-8-13-17/h3-8,10-15H,9H2,1-2H3/b20-14-,21-15-. The van der Waals surface area contributed by atoms with Gasteiger partial charge in [-0.25, -0.2) is 0 Å². The molecule has 25 heavy (non-hydrogen) atoms. The predicted octanol–water partition coefficient (Wildman–Crippen LogP) is 3.96. The quantitative estimate of drug-likeness (QED) is 0.439. The van der Waals surface area contributed by atoms with Crippen molar-refractivity contribution < 1.29 is 0 Å². The molecule has 0 bridgehead atoms. The van der Waals surface area contributed by atoms with Crippen LogP contribution in [0.5, 0.6) is 0 Å². The van der Waals surface area contributed by atoms with E-state index in [2.05, 4.69) is 10.2 Å². The van der Waals surface area contributed by atoms with Gasteiger partial charge in [0.2, 0.25) is 0 Å². The molecular formula is C19H20N4S2. The third-order valence-corrected chi connectivity index (χ3v) is 4.35. The summed E-state index contributed by atoms with van der Waals surface area (Å²) >= 11 is 10.8. The SMILES string of the molecule is CN(/N=C\C/C=N\N(C)C(=S)c1ccccc1)C(=S)c1ccccc1. The number of rotatable bonds is 6. The Bertz CT molecular complexity index is 692. The van der Waals surface area contributed by atoms with E-state index >= 15 is 0 Å². The molecule has 128 valence electrons. The summed E-state index contributed by atoms with van der Waals surface area (Å²) in [4.78, 5) is 1.35. The van der Waals surface area contributed by atoms with Crippen LogP contribution >= 0.6 is 24.4 Å². The molecule has 0 fully saturated rings. The van der Waals surface area contributed by atoms with E-state index in [-0.39, 0.29) is 0 Å². The van der Waals surface area contributed by atoms with Gasteiger partial charge in [-0.3, -0.25) is 10.0 Å². The third kappa shape index (κ3) is 5.85. The highest BCUT2D eigenvalue weighted by molar-refractivity contribution is 7.80. The van der Waals surface area contributed by atoms with Crippen LogP contribution in [0.1, 0.15) is 17.5 Å². The minimum atomic E-state index is 0.587. The molecule has 6 heteroatoms. The highest BCUT2D eigenvalue weighted by Crippen LogP contribution is 2.05. The van der Waals surface area contributed by atoms with Gasteiger partial charge in [-0.1, -0.05) is 85.1 Å². The number of benzene rings is 2. The number of nitrogens with zero attached hydrogens (tertiary/aromatic N) is 4. The van der Waals surface area contributed by atoms with Crippen molar-refractivity contribution in [2.45, 2.75) is 6.42 Å². The summed E-state index contributed by atoms with van der Waals surface area (Å²) in [7, 11) is 3.67. The van der Waals surface area contributed by atoms with Crippen LogP contribution in [0.15, 0.2) is 70.9 Å². The molecule has 0 aliphatic rings. The van der Waals surface area contributed by atoms with Crippen molar-refractivity contribution in [3.63, 3.8) is 0 Å². The zero-order valence-electron chi connectivity index (χ0n) is 14.2. The minimum Gasteiger partial charge on any atom is -0.257 e. The van der Waals surface area contributed by atoms with Crippen LogP contribution in [0.3, 0.4) is 0 Å². The topological polar surface area (TPSA) is 31.2 Å². The molecule has 0 amide bonds. The van der Waals surface area contributed by atoms with Gasteiger partial charge < -0.3 is 0 Å². The largest absolute Gasteiger partial charge is 0.257 e. The van der Waals surface area contributed by atoms with E-state index in [0.29, 0.717) is 16.4 Å². The van der Waals surface area contributed by atoms with Gasteiger partial charge >= 0.3 is 0 Å². The molecule has 0 saturated carbocycles. The van der Waals surface area contributed by atoms with Gasteiger partial charge in [0.05, 0.1) is 0 Å². The fourth-order valence-corrected chi connectivity index (χ4v) is 2.39. The number of hydrazone groups is 2. The normalized spacial score (nSPS) is 11.0. The Morgan fingerprint density at radius 1 is 0.760 bits per heavy atom. The van der Waals surface area contributed by atoms with Crippen molar-refractivity contribution in [3.8, 4) is 0 Å². The van der Waals surface area contributed by atoms with E-state index in [1.807, 2.05) is 74.8 Å². The number of hydrogen-bond donors (Lipinski definition) is 0. The van der Waals surface area contributed by atoms with E-state index in [9.17, 15) is 0 Å². The molecule has 0 unspecified atom stereocenters. The Labute approximate surface area is 159 Å². The van der Waals surface area contributed by atoms with Crippen molar-refractivity contribution in [1.29, 1.82) is 0 Å². The summed E-state index contributed by atoms with van der Waals surface area (Å²) in [5, 5.41) is 12.0. The van der Waals surface area contributed by atoms with Crippen LogP contribution < -0.4 is 0 Å². The Balaban J connectivity index is 1.83. The van der Waals surface area contributed by atoms with Crippen LogP contribution in [0.25, 0.3) is 0 Å². The molecule has 0 heterocycles. The molecular weight excluding hydrogens is 348 g/mol. The van der Waals surface area contributed by atoms with Crippen molar-refractivity contribution in [2.24, 2.45) is 10.2 Å². The molecule has 0 aliphatic heterocycles. The smallest absolute Gasteiger partial charge is 0.129 e. The molecule has 0 aromatic heterocycles. The monoisotopic (exact) mass is 368 g/mol. The molecule has 2 aromatic carbocycles. The summed E-state index contributed by atoms with van der Waals surface area (Å²) in [6, 6.07) is 19.6. The highest BCUT2D eigenvalue weighted by Gasteiger charge is 2.05. The van der Waals surface area contributed by atoms with Gasteiger partial charge in [-0.15, -0.1) is 0 Å².